The molecule has 1 fully saturated rings. The molecule has 0 atom stereocenters. The number of benzene rings is 1. The van der Waals surface area contributed by atoms with Crippen molar-refractivity contribution in [3.63, 3.8) is 0 Å². The molecule has 0 aliphatic carbocycles. The lowest BCUT2D eigenvalue weighted by Gasteiger charge is -2.26. The zero-order valence-corrected chi connectivity index (χ0v) is 12.4. The minimum absolute atomic E-state index is 0.252. The molecule has 1 aliphatic heterocycles. The van der Waals surface area contributed by atoms with Crippen LogP contribution in [0.1, 0.15) is 54.8 Å². The predicted molar refractivity (Wildman–Crippen MR) is 79.9 cm³/mol. The van der Waals surface area contributed by atoms with E-state index >= 15 is 0 Å². The Hall–Kier alpha value is -1.88. The van der Waals surface area contributed by atoms with E-state index in [1.807, 2.05) is 6.07 Å². The maximum absolute atomic E-state index is 11.4. The second-order valence-electron chi connectivity index (χ2n) is 5.82. The number of imidazole rings is 1. The van der Waals surface area contributed by atoms with Crippen LogP contribution in [0.25, 0.3) is 11.0 Å². The van der Waals surface area contributed by atoms with Crippen molar-refractivity contribution in [3.8, 4) is 0 Å². The number of carbonyl (C=O) groups is 1. The Bertz CT molecular complexity index is 669. The molecule has 0 saturated carbocycles. The predicted octanol–water partition coefficient (Wildman–Crippen LogP) is 3.21. The number of carboxylic acid groups (broad SMARTS) is 1. The van der Waals surface area contributed by atoms with Crippen LogP contribution >= 0.6 is 0 Å². The van der Waals surface area contributed by atoms with Crippen LogP contribution in [-0.4, -0.2) is 33.8 Å². The van der Waals surface area contributed by atoms with E-state index in [9.17, 15) is 9.90 Å². The summed E-state index contributed by atoms with van der Waals surface area (Å²) in [6, 6.07) is 5.73. The Labute approximate surface area is 123 Å². The summed E-state index contributed by atoms with van der Waals surface area (Å²) in [7, 11) is 0. The molecule has 0 spiro atoms. The van der Waals surface area contributed by atoms with Crippen molar-refractivity contribution in [1.29, 1.82) is 0 Å². The molecule has 2 heterocycles. The van der Waals surface area contributed by atoms with E-state index in [0.29, 0.717) is 11.6 Å². The summed E-state index contributed by atoms with van der Waals surface area (Å²) in [5.41, 5.74) is 1.80. The number of fused-ring (bicyclic) bond motifs is 1. The standard InChI is InChI=1S/C16H20N2O3/c1-10(2)15-17-14-12(16(19)20)4-3-5-13(14)18(15)11-6-8-21-9-7-11/h3-5,10-11H,6-9H2,1-2H3,(H,19,20). The van der Waals surface area contributed by atoms with E-state index in [1.54, 1.807) is 12.1 Å². The normalized spacial score (nSPS) is 16.7. The number of rotatable bonds is 3. The van der Waals surface area contributed by atoms with Crippen LogP contribution in [0, 0.1) is 0 Å². The third-order valence-electron chi connectivity index (χ3n) is 4.05. The number of hydrogen-bond acceptors (Lipinski definition) is 3. The Balaban J connectivity index is 2.22. The second-order valence-corrected chi connectivity index (χ2v) is 5.82. The van der Waals surface area contributed by atoms with Gasteiger partial charge in [-0.05, 0) is 25.0 Å². The number of hydrogen-bond donors (Lipinski definition) is 1. The molecule has 0 unspecified atom stereocenters. The maximum Gasteiger partial charge on any atom is 0.337 e. The number of aromatic nitrogens is 2. The third-order valence-corrected chi connectivity index (χ3v) is 4.05. The lowest BCUT2D eigenvalue weighted by Crippen LogP contribution is -2.21. The average Bonchev–Trinajstić information content (AvgIpc) is 2.87. The molecule has 2 aromatic rings. The number of nitrogens with zero attached hydrogens (tertiary/aromatic N) is 2. The van der Waals surface area contributed by atoms with Crippen molar-refractivity contribution in [2.24, 2.45) is 0 Å². The van der Waals surface area contributed by atoms with Gasteiger partial charge < -0.3 is 14.4 Å². The van der Waals surface area contributed by atoms with Crippen LogP contribution in [0.5, 0.6) is 0 Å². The summed E-state index contributed by atoms with van der Waals surface area (Å²) in [6.45, 7) is 5.69. The van der Waals surface area contributed by atoms with Crippen molar-refractivity contribution in [3.05, 3.63) is 29.6 Å². The lowest BCUT2D eigenvalue weighted by atomic mass is 10.1. The number of carboxylic acids is 1. The highest BCUT2D eigenvalue weighted by Gasteiger charge is 2.24. The van der Waals surface area contributed by atoms with Gasteiger partial charge in [-0.15, -0.1) is 0 Å². The quantitative estimate of drug-likeness (QED) is 0.942. The van der Waals surface area contributed by atoms with E-state index in [2.05, 4.69) is 23.4 Å². The molecule has 5 nitrogen and oxygen atoms in total. The largest absolute Gasteiger partial charge is 0.478 e. The second kappa shape index (κ2) is 5.48. The van der Waals surface area contributed by atoms with E-state index in [1.165, 1.54) is 0 Å². The average molecular weight is 288 g/mol. The first kappa shape index (κ1) is 14.1. The van der Waals surface area contributed by atoms with Crippen molar-refractivity contribution in [1.82, 2.24) is 9.55 Å². The molecular formula is C16H20N2O3. The first-order valence-electron chi connectivity index (χ1n) is 7.41. The van der Waals surface area contributed by atoms with Gasteiger partial charge in [-0.25, -0.2) is 9.78 Å². The number of para-hydroxylation sites is 1. The van der Waals surface area contributed by atoms with Gasteiger partial charge in [0.25, 0.3) is 0 Å². The molecule has 0 bridgehead atoms. The fourth-order valence-electron chi connectivity index (χ4n) is 3.04. The summed E-state index contributed by atoms with van der Waals surface area (Å²) in [4.78, 5) is 16.1. The molecular weight excluding hydrogens is 268 g/mol. The molecule has 1 aromatic heterocycles. The molecule has 21 heavy (non-hydrogen) atoms. The van der Waals surface area contributed by atoms with Crippen LogP contribution < -0.4 is 0 Å². The lowest BCUT2D eigenvalue weighted by molar-refractivity contribution is 0.0692. The van der Waals surface area contributed by atoms with Gasteiger partial charge in [-0.2, -0.15) is 0 Å². The molecule has 1 aliphatic rings. The molecule has 0 amide bonds. The van der Waals surface area contributed by atoms with Gasteiger partial charge in [0.05, 0.1) is 11.1 Å². The fraction of sp³-hybridized carbons (Fsp3) is 0.500. The van der Waals surface area contributed by atoms with Gasteiger partial charge in [-0.1, -0.05) is 19.9 Å². The highest BCUT2D eigenvalue weighted by molar-refractivity contribution is 6.01. The van der Waals surface area contributed by atoms with Crippen molar-refractivity contribution in [2.45, 2.75) is 38.6 Å². The van der Waals surface area contributed by atoms with Crippen LogP contribution in [0.3, 0.4) is 0 Å². The first-order chi connectivity index (χ1) is 10.1. The summed E-state index contributed by atoms with van der Waals surface area (Å²) in [5, 5.41) is 9.36. The van der Waals surface area contributed by atoms with Gasteiger partial charge >= 0.3 is 5.97 Å². The zero-order chi connectivity index (χ0) is 15.0. The van der Waals surface area contributed by atoms with Gasteiger partial charge in [0.15, 0.2) is 0 Å². The maximum atomic E-state index is 11.4. The summed E-state index contributed by atoms with van der Waals surface area (Å²) in [5.74, 6) is 0.292. The molecule has 1 N–H and O–H groups in total. The van der Waals surface area contributed by atoms with Crippen LogP contribution in [-0.2, 0) is 4.74 Å². The van der Waals surface area contributed by atoms with Gasteiger partial charge in [0.2, 0.25) is 0 Å². The fourth-order valence-corrected chi connectivity index (χ4v) is 3.04. The van der Waals surface area contributed by atoms with E-state index in [0.717, 1.165) is 37.4 Å². The van der Waals surface area contributed by atoms with Crippen molar-refractivity contribution >= 4 is 17.0 Å². The topological polar surface area (TPSA) is 64.3 Å². The van der Waals surface area contributed by atoms with Crippen molar-refractivity contribution in [2.75, 3.05) is 13.2 Å². The highest BCUT2D eigenvalue weighted by Crippen LogP contribution is 2.32. The Morgan fingerprint density at radius 1 is 1.38 bits per heavy atom. The molecule has 1 aromatic carbocycles. The van der Waals surface area contributed by atoms with Gasteiger partial charge in [-0.3, -0.25) is 0 Å². The Morgan fingerprint density at radius 3 is 2.71 bits per heavy atom. The van der Waals surface area contributed by atoms with Crippen LogP contribution in [0.4, 0.5) is 0 Å². The number of ether oxygens (including phenoxy) is 1. The van der Waals surface area contributed by atoms with E-state index < -0.39 is 5.97 Å². The minimum Gasteiger partial charge on any atom is -0.478 e. The molecule has 112 valence electrons. The SMILES string of the molecule is CC(C)c1nc2c(C(=O)O)cccc2n1C1CCOCC1. The Morgan fingerprint density at radius 2 is 2.10 bits per heavy atom. The molecule has 0 radical (unpaired) electrons. The van der Waals surface area contributed by atoms with Crippen LogP contribution in [0.15, 0.2) is 18.2 Å². The number of aromatic carboxylic acids is 1. The van der Waals surface area contributed by atoms with Crippen LogP contribution in [0.2, 0.25) is 0 Å². The Kier molecular flexibility index (Phi) is 3.68. The minimum atomic E-state index is -0.924. The molecule has 1 saturated heterocycles. The monoisotopic (exact) mass is 288 g/mol. The first-order valence-corrected chi connectivity index (χ1v) is 7.41. The summed E-state index contributed by atoms with van der Waals surface area (Å²) < 4.78 is 7.68. The molecule has 5 heteroatoms. The van der Waals surface area contributed by atoms with E-state index in [4.69, 9.17) is 4.74 Å². The smallest absolute Gasteiger partial charge is 0.337 e. The van der Waals surface area contributed by atoms with Gasteiger partial charge in [0.1, 0.15) is 11.3 Å². The highest BCUT2D eigenvalue weighted by atomic mass is 16.5. The summed E-state index contributed by atoms with van der Waals surface area (Å²) >= 11 is 0. The summed E-state index contributed by atoms with van der Waals surface area (Å²) in [6.07, 6.45) is 1.89. The third kappa shape index (κ3) is 2.42. The van der Waals surface area contributed by atoms with Gasteiger partial charge in [0, 0.05) is 25.2 Å². The zero-order valence-electron chi connectivity index (χ0n) is 12.4. The molecule has 3 rings (SSSR count). The van der Waals surface area contributed by atoms with E-state index in [-0.39, 0.29) is 11.5 Å². The van der Waals surface area contributed by atoms with Crippen molar-refractivity contribution < 1.29 is 14.6 Å².